The van der Waals surface area contributed by atoms with E-state index in [0.717, 1.165) is 0 Å². The van der Waals surface area contributed by atoms with Crippen LogP contribution in [0.3, 0.4) is 0 Å². The van der Waals surface area contributed by atoms with Crippen molar-refractivity contribution in [3.63, 3.8) is 0 Å². The molecule has 21 heavy (non-hydrogen) atoms. The fourth-order valence-electron chi connectivity index (χ4n) is 2.52. The minimum atomic E-state index is -0.311. The van der Waals surface area contributed by atoms with Gasteiger partial charge < -0.3 is 5.73 Å². The van der Waals surface area contributed by atoms with E-state index in [4.69, 9.17) is 11.6 Å². The lowest BCUT2D eigenvalue weighted by Gasteiger charge is -2.18. The Morgan fingerprint density at radius 2 is 2.00 bits per heavy atom. The Labute approximate surface area is 126 Å². The van der Waals surface area contributed by atoms with Gasteiger partial charge in [0.1, 0.15) is 5.82 Å². The van der Waals surface area contributed by atoms with Crippen LogP contribution < -0.4 is 17.0 Å². The number of nitrogen functional groups attached to an aromatic ring is 1. The topological polar surface area (TPSA) is 64.1 Å². The van der Waals surface area contributed by atoms with E-state index in [0.29, 0.717) is 17.7 Å². The number of thiophene rings is 1. The lowest BCUT2D eigenvalue weighted by Crippen LogP contribution is -2.30. The maximum absolute atomic E-state index is 13.5. The van der Waals surface area contributed by atoms with Crippen LogP contribution in [0.5, 0.6) is 0 Å². The molecule has 0 aliphatic carbocycles. The third kappa shape index (κ3) is 2.76. The fourth-order valence-corrected chi connectivity index (χ4v) is 3.49. The van der Waals surface area contributed by atoms with E-state index in [1.807, 2.05) is 12.1 Å². The molecule has 0 bridgehead atoms. The van der Waals surface area contributed by atoms with Crippen LogP contribution in [0.25, 0.3) is 10.1 Å². The highest BCUT2D eigenvalue weighted by atomic mass is 32.1. The Hall–Kier alpha value is -1.95. The van der Waals surface area contributed by atoms with Crippen LogP contribution in [-0.4, -0.2) is 0 Å². The van der Waals surface area contributed by atoms with Crippen LogP contribution in [0.1, 0.15) is 17.2 Å². The molecule has 0 saturated carbocycles. The predicted molar refractivity (Wildman–Crippen MR) is 86.4 cm³/mol. The quantitative estimate of drug-likeness (QED) is 0.393. The summed E-state index contributed by atoms with van der Waals surface area (Å²) in [5.41, 5.74) is 11.1. The van der Waals surface area contributed by atoms with Gasteiger partial charge in [-0.3, -0.25) is 11.3 Å². The molecule has 3 rings (SSSR count). The number of rotatable bonds is 4. The van der Waals surface area contributed by atoms with Crippen molar-refractivity contribution in [3.8, 4) is 0 Å². The number of hydrazine groups is 1. The number of hydrogen-bond donors (Lipinski definition) is 3. The van der Waals surface area contributed by atoms with Gasteiger partial charge in [0.05, 0.1) is 6.04 Å². The number of benzene rings is 2. The maximum atomic E-state index is 13.5. The molecule has 0 saturated heterocycles. The van der Waals surface area contributed by atoms with Gasteiger partial charge in [-0.15, -0.1) is 11.3 Å². The Kier molecular flexibility index (Phi) is 3.88. The molecule has 1 aromatic heterocycles. The highest BCUT2D eigenvalue weighted by Gasteiger charge is 2.16. The molecule has 0 amide bonds. The third-order valence-electron chi connectivity index (χ3n) is 3.61. The summed E-state index contributed by atoms with van der Waals surface area (Å²) in [6.07, 6.45) is 0.661. The third-order valence-corrected chi connectivity index (χ3v) is 4.62. The molecule has 108 valence electrons. The summed E-state index contributed by atoms with van der Waals surface area (Å²) in [6, 6.07) is 12.3. The first-order chi connectivity index (χ1) is 10.2. The number of nitrogens with two attached hydrogens (primary N) is 2. The van der Waals surface area contributed by atoms with E-state index in [1.165, 1.54) is 27.8 Å². The van der Waals surface area contributed by atoms with E-state index in [2.05, 4.69) is 22.9 Å². The second kappa shape index (κ2) is 5.81. The zero-order chi connectivity index (χ0) is 14.8. The van der Waals surface area contributed by atoms with Crippen molar-refractivity contribution in [1.29, 1.82) is 0 Å². The molecule has 2 aromatic carbocycles. The van der Waals surface area contributed by atoms with Crippen molar-refractivity contribution in [1.82, 2.24) is 5.43 Å². The molecule has 0 aliphatic heterocycles. The number of nitrogens with one attached hydrogen (secondary N) is 1. The molecule has 0 spiro atoms. The lowest BCUT2D eigenvalue weighted by molar-refractivity contribution is 0.548. The number of halogens is 1. The summed E-state index contributed by atoms with van der Waals surface area (Å²) in [7, 11) is 0. The second-order valence-corrected chi connectivity index (χ2v) is 5.86. The zero-order valence-corrected chi connectivity index (χ0v) is 12.2. The van der Waals surface area contributed by atoms with Crippen LogP contribution in [0, 0.1) is 5.82 Å². The van der Waals surface area contributed by atoms with Gasteiger partial charge in [-0.2, -0.15) is 0 Å². The van der Waals surface area contributed by atoms with E-state index in [9.17, 15) is 4.39 Å². The van der Waals surface area contributed by atoms with Gasteiger partial charge in [0, 0.05) is 10.4 Å². The molecule has 1 atom stereocenters. The molecule has 5 heteroatoms. The van der Waals surface area contributed by atoms with Crippen molar-refractivity contribution in [3.05, 3.63) is 64.8 Å². The van der Waals surface area contributed by atoms with Crippen molar-refractivity contribution in [2.45, 2.75) is 12.5 Å². The summed E-state index contributed by atoms with van der Waals surface area (Å²) in [4.78, 5) is 0. The minimum absolute atomic E-state index is 0.223. The highest BCUT2D eigenvalue weighted by Crippen LogP contribution is 2.31. The minimum Gasteiger partial charge on any atom is -0.398 e. The van der Waals surface area contributed by atoms with Crippen molar-refractivity contribution >= 4 is 27.1 Å². The molecule has 3 nitrogen and oxygen atoms in total. The summed E-state index contributed by atoms with van der Waals surface area (Å²) in [5, 5.41) is 3.32. The fraction of sp³-hybridized carbons (Fsp3) is 0.125. The van der Waals surface area contributed by atoms with Crippen LogP contribution in [0.15, 0.2) is 47.8 Å². The molecule has 0 radical (unpaired) electrons. The Morgan fingerprint density at radius 3 is 2.81 bits per heavy atom. The normalized spacial score (nSPS) is 12.7. The van der Waals surface area contributed by atoms with Crippen molar-refractivity contribution < 1.29 is 4.39 Å². The number of anilines is 1. The maximum Gasteiger partial charge on any atom is 0.123 e. The first-order valence-electron chi connectivity index (χ1n) is 6.65. The van der Waals surface area contributed by atoms with E-state index in [1.54, 1.807) is 17.4 Å². The van der Waals surface area contributed by atoms with Crippen LogP contribution in [-0.2, 0) is 6.42 Å². The van der Waals surface area contributed by atoms with Crippen LogP contribution >= 0.6 is 11.3 Å². The van der Waals surface area contributed by atoms with Gasteiger partial charge in [0.25, 0.3) is 0 Å². The molecule has 0 aliphatic rings. The largest absolute Gasteiger partial charge is 0.398 e. The summed E-state index contributed by atoms with van der Waals surface area (Å²) in [5.74, 6) is 5.35. The van der Waals surface area contributed by atoms with E-state index < -0.39 is 0 Å². The van der Waals surface area contributed by atoms with Gasteiger partial charge in [-0.1, -0.05) is 18.2 Å². The van der Waals surface area contributed by atoms with Gasteiger partial charge >= 0.3 is 0 Å². The van der Waals surface area contributed by atoms with Gasteiger partial charge in [-0.05, 0) is 52.6 Å². The van der Waals surface area contributed by atoms with Gasteiger partial charge in [0.15, 0.2) is 0 Å². The van der Waals surface area contributed by atoms with Crippen LogP contribution in [0.2, 0.25) is 0 Å². The van der Waals surface area contributed by atoms with E-state index in [-0.39, 0.29) is 11.9 Å². The number of fused-ring (bicyclic) bond motifs is 1. The average Bonchev–Trinajstić information content (AvgIpc) is 2.91. The lowest BCUT2D eigenvalue weighted by atomic mass is 9.97. The Balaban J connectivity index is 1.96. The predicted octanol–water partition coefficient (Wildman–Crippen LogP) is 3.37. The van der Waals surface area contributed by atoms with Crippen LogP contribution in [0.4, 0.5) is 10.1 Å². The van der Waals surface area contributed by atoms with E-state index >= 15 is 0 Å². The summed E-state index contributed by atoms with van der Waals surface area (Å²) < 4.78 is 14.7. The molecule has 0 fully saturated rings. The Bertz CT molecular complexity index is 769. The average molecular weight is 301 g/mol. The van der Waals surface area contributed by atoms with Crippen molar-refractivity contribution in [2.24, 2.45) is 5.84 Å². The number of hydrogen-bond acceptors (Lipinski definition) is 4. The first-order valence-corrected chi connectivity index (χ1v) is 7.53. The smallest absolute Gasteiger partial charge is 0.123 e. The summed E-state index contributed by atoms with van der Waals surface area (Å²) >= 11 is 1.70. The first kappa shape index (κ1) is 14.0. The Morgan fingerprint density at radius 1 is 1.19 bits per heavy atom. The monoisotopic (exact) mass is 301 g/mol. The standard InChI is InChI=1S/C16H16FN3S/c17-11-5-6-14(18)13(8-11)15(20-19)7-10-9-21-16-4-2-1-3-12(10)16/h1-6,8-9,15,20H,7,18-19H2. The van der Waals surface area contributed by atoms with Gasteiger partial charge in [-0.25, -0.2) is 4.39 Å². The highest BCUT2D eigenvalue weighted by molar-refractivity contribution is 7.17. The molecule has 5 N–H and O–H groups in total. The summed E-state index contributed by atoms with van der Waals surface area (Å²) in [6.45, 7) is 0. The molecular weight excluding hydrogens is 285 g/mol. The van der Waals surface area contributed by atoms with Crippen molar-refractivity contribution in [2.75, 3.05) is 5.73 Å². The molecule has 3 aromatic rings. The van der Waals surface area contributed by atoms with Gasteiger partial charge in [0.2, 0.25) is 0 Å². The molecule has 1 heterocycles. The molecular formula is C16H16FN3S. The zero-order valence-electron chi connectivity index (χ0n) is 11.3. The second-order valence-electron chi connectivity index (χ2n) is 4.95. The SMILES string of the molecule is NNC(Cc1csc2ccccc12)c1cc(F)ccc1N. The molecule has 1 unspecified atom stereocenters.